The molecule has 9 nitrogen and oxygen atoms in total. The van der Waals surface area contributed by atoms with Crippen LogP contribution in [0.3, 0.4) is 0 Å². The third-order valence-corrected chi connectivity index (χ3v) is 5.95. The summed E-state index contributed by atoms with van der Waals surface area (Å²) in [7, 11) is 0. The average molecular weight is 484 g/mol. The van der Waals surface area contributed by atoms with Crippen LogP contribution in [0.15, 0.2) is 53.4 Å². The third kappa shape index (κ3) is 4.34. The molecule has 1 fully saturated rings. The molecule has 4 heterocycles. The van der Waals surface area contributed by atoms with Crippen molar-refractivity contribution in [2.75, 3.05) is 18.0 Å². The minimum atomic E-state index is -2.35. The van der Waals surface area contributed by atoms with E-state index in [0.717, 1.165) is 6.20 Å². The number of carboxylic acids is 1. The number of aromatic nitrogens is 5. The van der Waals surface area contributed by atoms with Crippen LogP contribution in [-0.2, 0) is 11.3 Å². The van der Waals surface area contributed by atoms with Gasteiger partial charge >= 0.3 is 5.97 Å². The summed E-state index contributed by atoms with van der Waals surface area (Å²) in [5.41, 5.74) is -0.711. The van der Waals surface area contributed by atoms with Gasteiger partial charge in [0.25, 0.3) is 0 Å². The van der Waals surface area contributed by atoms with Crippen molar-refractivity contribution in [1.82, 2.24) is 24.9 Å². The quantitative estimate of drug-likeness (QED) is 0.441. The van der Waals surface area contributed by atoms with Gasteiger partial charge in [0, 0.05) is 37.6 Å². The van der Waals surface area contributed by atoms with Crippen LogP contribution in [0.5, 0.6) is 0 Å². The highest BCUT2D eigenvalue weighted by Gasteiger charge is 2.42. The molecule has 1 aliphatic heterocycles. The molecule has 4 aromatic rings. The van der Waals surface area contributed by atoms with Gasteiger partial charge in [0.2, 0.25) is 5.67 Å². The predicted octanol–water partition coefficient (Wildman–Crippen LogP) is 3.71. The standard InChI is InChI=1S/C23H19F3N6O3/c24-15-4-2-1-3-14(15)13-32-19(17-5-10-35-30-17)11-18(29-32)20-27-12-16(25)21(28-20)31-8-6-23(26,7-9-31)22(33)34/h1-5,10-12H,6-9,13H2,(H,33,34). The van der Waals surface area contributed by atoms with Crippen LogP contribution < -0.4 is 4.90 Å². The zero-order valence-corrected chi connectivity index (χ0v) is 18.2. The number of rotatable bonds is 6. The Morgan fingerprint density at radius 3 is 2.57 bits per heavy atom. The average Bonchev–Trinajstić information content (AvgIpc) is 3.52. The minimum Gasteiger partial charge on any atom is -0.479 e. The topological polar surface area (TPSA) is 110 Å². The molecular formula is C23H19F3N6O3. The van der Waals surface area contributed by atoms with E-state index in [1.807, 2.05) is 0 Å². The van der Waals surface area contributed by atoms with E-state index in [4.69, 9.17) is 9.63 Å². The molecule has 1 aromatic carbocycles. The van der Waals surface area contributed by atoms with Gasteiger partial charge in [0.15, 0.2) is 17.5 Å². The molecule has 1 aliphatic rings. The zero-order valence-electron chi connectivity index (χ0n) is 18.2. The molecule has 0 bridgehead atoms. The van der Waals surface area contributed by atoms with E-state index in [1.165, 1.54) is 21.9 Å². The van der Waals surface area contributed by atoms with Crippen LogP contribution in [0, 0.1) is 11.6 Å². The van der Waals surface area contributed by atoms with E-state index in [2.05, 4.69) is 20.2 Å². The van der Waals surface area contributed by atoms with Gasteiger partial charge in [0.05, 0.1) is 18.4 Å². The number of hydrogen-bond donors (Lipinski definition) is 1. The number of carboxylic acid groups (broad SMARTS) is 1. The lowest BCUT2D eigenvalue weighted by molar-refractivity contribution is -0.152. The Bertz CT molecular complexity index is 1370. The lowest BCUT2D eigenvalue weighted by Gasteiger charge is -2.34. The maximum absolute atomic E-state index is 14.6. The third-order valence-electron chi connectivity index (χ3n) is 5.95. The van der Waals surface area contributed by atoms with Crippen molar-refractivity contribution in [3.8, 4) is 22.9 Å². The van der Waals surface area contributed by atoms with Gasteiger partial charge in [-0.2, -0.15) is 5.10 Å². The predicted molar refractivity (Wildman–Crippen MR) is 117 cm³/mol. The maximum atomic E-state index is 14.6. The molecule has 1 N–H and O–H groups in total. The number of carbonyl (C=O) groups is 1. The second-order valence-corrected chi connectivity index (χ2v) is 8.17. The Hall–Kier alpha value is -4.22. The van der Waals surface area contributed by atoms with E-state index in [1.54, 1.807) is 30.3 Å². The fourth-order valence-electron chi connectivity index (χ4n) is 3.98. The highest BCUT2D eigenvalue weighted by Crippen LogP contribution is 2.31. The number of nitrogens with zero attached hydrogens (tertiary/aromatic N) is 6. The van der Waals surface area contributed by atoms with Gasteiger partial charge in [-0.15, -0.1) is 0 Å². The van der Waals surface area contributed by atoms with Crippen molar-refractivity contribution in [2.24, 2.45) is 0 Å². The van der Waals surface area contributed by atoms with Gasteiger partial charge in [-0.05, 0) is 12.1 Å². The Morgan fingerprint density at radius 1 is 1.11 bits per heavy atom. The van der Waals surface area contributed by atoms with Crippen LogP contribution in [-0.4, -0.2) is 54.7 Å². The summed E-state index contributed by atoms with van der Waals surface area (Å²) >= 11 is 0. The second-order valence-electron chi connectivity index (χ2n) is 8.17. The lowest BCUT2D eigenvalue weighted by atomic mass is 9.93. The molecule has 3 aromatic heterocycles. The number of halogens is 3. The van der Waals surface area contributed by atoms with E-state index < -0.39 is 23.3 Å². The summed E-state index contributed by atoms with van der Waals surface area (Å²) in [5, 5.41) is 17.5. The molecule has 35 heavy (non-hydrogen) atoms. The number of piperidine rings is 1. The van der Waals surface area contributed by atoms with E-state index in [0.29, 0.717) is 17.0 Å². The molecule has 0 atom stereocenters. The number of benzene rings is 1. The van der Waals surface area contributed by atoms with E-state index in [-0.39, 0.29) is 49.8 Å². The Kier molecular flexibility index (Phi) is 5.71. The van der Waals surface area contributed by atoms with E-state index >= 15 is 0 Å². The summed E-state index contributed by atoms with van der Waals surface area (Å²) in [5.74, 6) is -2.63. The van der Waals surface area contributed by atoms with Crippen LogP contribution in [0.25, 0.3) is 22.9 Å². The second kappa shape index (κ2) is 8.85. The first-order chi connectivity index (χ1) is 16.8. The van der Waals surface area contributed by atoms with Crippen molar-refractivity contribution in [2.45, 2.75) is 25.1 Å². The molecule has 1 saturated heterocycles. The summed E-state index contributed by atoms with van der Waals surface area (Å²) in [6.07, 6.45) is 1.78. The van der Waals surface area contributed by atoms with Crippen LogP contribution in [0.2, 0.25) is 0 Å². The van der Waals surface area contributed by atoms with Crippen molar-refractivity contribution in [1.29, 1.82) is 0 Å². The van der Waals surface area contributed by atoms with Gasteiger partial charge in [-0.1, -0.05) is 23.4 Å². The highest BCUT2D eigenvalue weighted by molar-refractivity contribution is 5.77. The maximum Gasteiger partial charge on any atom is 0.341 e. The first-order valence-electron chi connectivity index (χ1n) is 10.8. The molecule has 0 aliphatic carbocycles. The van der Waals surface area contributed by atoms with Gasteiger partial charge in [-0.25, -0.2) is 27.9 Å². The zero-order chi connectivity index (χ0) is 24.6. The molecule has 180 valence electrons. The molecule has 12 heteroatoms. The Balaban J connectivity index is 1.48. The van der Waals surface area contributed by atoms with Crippen molar-refractivity contribution < 1.29 is 27.6 Å². The van der Waals surface area contributed by atoms with Crippen molar-refractivity contribution in [3.63, 3.8) is 0 Å². The molecule has 0 radical (unpaired) electrons. The Labute approximate surface area is 196 Å². The number of hydrogen-bond acceptors (Lipinski definition) is 7. The van der Waals surface area contributed by atoms with Crippen molar-refractivity contribution >= 4 is 11.8 Å². The van der Waals surface area contributed by atoms with E-state index in [9.17, 15) is 18.0 Å². The number of aliphatic carboxylic acids is 1. The first kappa shape index (κ1) is 22.6. The van der Waals surface area contributed by atoms with Gasteiger partial charge in [-0.3, -0.25) is 4.68 Å². The monoisotopic (exact) mass is 484 g/mol. The lowest BCUT2D eigenvalue weighted by Crippen LogP contribution is -2.47. The smallest absolute Gasteiger partial charge is 0.341 e. The molecular weight excluding hydrogens is 465 g/mol. The van der Waals surface area contributed by atoms with Gasteiger partial charge in [0.1, 0.15) is 23.5 Å². The van der Waals surface area contributed by atoms with Crippen LogP contribution in [0.4, 0.5) is 19.0 Å². The fourth-order valence-corrected chi connectivity index (χ4v) is 3.98. The largest absolute Gasteiger partial charge is 0.479 e. The van der Waals surface area contributed by atoms with Crippen LogP contribution >= 0.6 is 0 Å². The summed E-state index contributed by atoms with van der Waals surface area (Å²) in [4.78, 5) is 21.0. The molecule has 0 unspecified atom stereocenters. The number of anilines is 1. The van der Waals surface area contributed by atoms with Crippen molar-refractivity contribution in [3.05, 3.63) is 66.1 Å². The molecule has 0 amide bonds. The highest BCUT2D eigenvalue weighted by atomic mass is 19.1. The Morgan fingerprint density at radius 2 is 1.89 bits per heavy atom. The summed E-state index contributed by atoms with van der Waals surface area (Å²) < 4.78 is 49.7. The molecule has 0 saturated carbocycles. The number of alkyl halides is 1. The summed E-state index contributed by atoms with van der Waals surface area (Å²) in [6, 6.07) is 9.53. The fraction of sp³-hybridized carbons (Fsp3) is 0.261. The molecule has 5 rings (SSSR count). The first-order valence-corrected chi connectivity index (χ1v) is 10.8. The summed E-state index contributed by atoms with van der Waals surface area (Å²) in [6.45, 7) is 0.0347. The minimum absolute atomic E-state index is 0.0257. The normalized spacial score (nSPS) is 15.3. The SMILES string of the molecule is O=C(O)C1(F)CCN(c2nc(-c3cc(-c4ccon4)n(Cc4ccccc4F)n3)ncc2F)CC1. The molecule has 0 spiro atoms. The van der Waals surface area contributed by atoms with Gasteiger partial charge < -0.3 is 14.5 Å². The van der Waals surface area contributed by atoms with Crippen LogP contribution in [0.1, 0.15) is 18.4 Å².